The van der Waals surface area contributed by atoms with Gasteiger partial charge in [-0.05, 0) is 57.2 Å². The summed E-state index contributed by atoms with van der Waals surface area (Å²) in [6.45, 7) is 3.81. The van der Waals surface area contributed by atoms with Gasteiger partial charge in [0, 0.05) is 45.2 Å². The second kappa shape index (κ2) is 12.9. The largest absolute Gasteiger partial charge is 0.371 e. The zero-order valence-electron chi connectivity index (χ0n) is 22.0. The lowest BCUT2D eigenvalue weighted by Gasteiger charge is -2.24. The quantitative estimate of drug-likeness (QED) is 0.165. The van der Waals surface area contributed by atoms with Crippen molar-refractivity contribution in [2.24, 2.45) is 7.05 Å². The number of fused-ring (bicyclic) bond motifs is 2. The molecule has 1 aliphatic rings. The Morgan fingerprint density at radius 2 is 2.08 bits per heavy atom. The van der Waals surface area contributed by atoms with Crippen molar-refractivity contribution in [3.8, 4) is 0 Å². The first-order valence-electron chi connectivity index (χ1n) is 13.2. The lowest BCUT2D eigenvalue weighted by atomic mass is 10.1. The molecule has 0 fully saturated rings. The monoisotopic (exact) mass is 531 g/mol. The fraction of sp³-hybridized carbons (Fsp3) is 0.577. The Morgan fingerprint density at radius 3 is 2.87 bits per heavy atom. The number of anilines is 2. The van der Waals surface area contributed by atoms with E-state index in [9.17, 15) is 18.8 Å². The van der Waals surface area contributed by atoms with Gasteiger partial charge in [-0.3, -0.25) is 10.1 Å². The van der Waals surface area contributed by atoms with E-state index in [4.69, 9.17) is 4.98 Å². The van der Waals surface area contributed by atoms with Gasteiger partial charge < -0.3 is 15.4 Å². The molecule has 12 heteroatoms. The van der Waals surface area contributed by atoms with Gasteiger partial charge in [0.1, 0.15) is 17.2 Å². The number of aryl methyl sites for hydroxylation is 3. The number of ketones is 1. The minimum absolute atomic E-state index is 0.111. The van der Waals surface area contributed by atoms with Gasteiger partial charge in [-0.15, -0.1) is 0 Å². The maximum absolute atomic E-state index is 13.0. The summed E-state index contributed by atoms with van der Waals surface area (Å²) in [5.74, 6) is 1.19. The number of rotatable bonds is 14. The van der Waals surface area contributed by atoms with Crippen LogP contribution in [-0.2, 0) is 24.7 Å². The molecule has 3 N–H and O–H groups in total. The van der Waals surface area contributed by atoms with Crippen LogP contribution in [0.3, 0.4) is 0 Å². The Labute approximate surface area is 221 Å². The molecule has 3 aromatic rings. The fourth-order valence-corrected chi connectivity index (χ4v) is 4.80. The normalized spacial score (nSPS) is 14.1. The predicted octanol–water partition coefficient (Wildman–Crippen LogP) is 2.99. The van der Waals surface area contributed by atoms with Crippen molar-refractivity contribution in [3.63, 3.8) is 0 Å². The van der Waals surface area contributed by atoms with E-state index in [0.717, 1.165) is 54.9 Å². The number of halogens is 2. The van der Waals surface area contributed by atoms with Crippen molar-refractivity contribution < 1.29 is 23.5 Å². The zero-order chi connectivity index (χ0) is 27.1. The number of hydrogen-bond donors (Lipinski definition) is 3. The maximum Gasteiger partial charge on any atom is 0.274 e. The number of unbranched alkanes of at least 4 members (excludes halogenated alkanes) is 1. The summed E-state index contributed by atoms with van der Waals surface area (Å²) in [7, 11) is 1.74. The molecule has 0 aliphatic carbocycles. The van der Waals surface area contributed by atoms with Crippen molar-refractivity contribution in [2.75, 3.05) is 36.8 Å². The van der Waals surface area contributed by atoms with E-state index >= 15 is 0 Å². The van der Waals surface area contributed by atoms with Crippen LogP contribution in [0.2, 0.25) is 0 Å². The van der Waals surface area contributed by atoms with Gasteiger partial charge in [0.15, 0.2) is 5.78 Å². The number of alkyl halides is 2. The van der Waals surface area contributed by atoms with Crippen LogP contribution in [-0.4, -0.2) is 74.3 Å². The molecule has 1 unspecified atom stereocenters. The van der Waals surface area contributed by atoms with Gasteiger partial charge in [0.25, 0.3) is 12.1 Å². The number of nitrogens with zero attached hydrogens (tertiary/aromatic N) is 6. The third-order valence-corrected chi connectivity index (χ3v) is 6.99. The Bertz CT molecular complexity index is 1240. The molecule has 0 spiro atoms. The van der Waals surface area contributed by atoms with Gasteiger partial charge in [0.2, 0.25) is 12.1 Å². The highest BCUT2D eigenvalue weighted by Crippen LogP contribution is 2.21. The summed E-state index contributed by atoms with van der Waals surface area (Å²) in [4.78, 5) is 23.3. The molecular formula is C26H37F2N8O2+. The Balaban J connectivity index is 1.33. The molecule has 0 aromatic carbocycles. The lowest BCUT2D eigenvalue weighted by Crippen LogP contribution is -2.41. The highest BCUT2D eigenvalue weighted by atomic mass is 19.3. The van der Waals surface area contributed by atoms with Crippen LogP contribution in [0.15, 0.2) is 24.7 Å². The Morgan fingerprint density at radius 1 is 1.26 bits per heavy atom. The average Bonchev–Trinajstić information content (AvgIpc) is 3.28. The number of aromatic nitrogens is 5. The molecule has 206 valence electrons. The van der Waals surface area contributed by atoms with E-state index in [1.54, 1.807) is 17.9 Å². The molecule has 1 aliphatic heterocycles. The number of hydrogen-bond acceptors (Lipinski definition) is 8. The number of pyridine rings is 1. The van der Waals surface area contributed by atoms with Gasteiger partial charge in [-0.1, -0.05) is 15.8 Å². The van der Waals surface area contributed by atoms with Gasteiger partial charge in [-0.25, -0.2) is 18.4 Å². The van der Waals surface area contributed by atoms with Crippen LogP contribution in [0.5, 0.6) is 0 Å². The first-order valence-corrected chi connectivity index (χ1v) is 13.2. The minimum atomic E-state index is -2.38. The molecule has 38 heavy (non-hydrogen) atoms. The van der Waals surface area contributed by atoms with Crippen molar-refractivity contribution in [1.29, 1.82) is 0 Å². The van der Waals surface area contributed by atoms with Crippen molar-refractivity contribution in [1.82, 2.24) is 24.6 Å². The molecule has 10 nitrogen and oxygen atoms in total. The summed E-state index contributed by atoms with van der Waals surface area (Å²) < 4.78 is 28.4. The van der Waals surface area contributed by atoms with E-state index in [1.807, 2.05) is 4.90 Å². The van der Waals surface area contributed by atoms with E-state index in [1.165, 1.54) is 18.8 Å². The lowest BCUT2D eigenvalue weighted by molar-refractivity contribution is -0.894. The third kappa shape index (κ3) is 7.12. The third-order valence-electron chi connectivity index (χ3n) is 6.99. The highest BCUT2D eigenvalue weighted by Gasteiger charge is 2.25. The summed E-state index contributed by atoms with van der Waals surface area (Å²) >= 11 is 0. The Kier molecular flexibility index (Phi) is 9.38. The average molecular weight is 532 g/mol. The molecule has 4 rings (SSSR count). The summed E-state index contributed by atoms with van der Waals surface area (Å²) in [6, 6.07) is 3.61. The van der Waals surface area contributed by atoms with Gasteiger partial charge in [0.05, 0.1) is 6.20 Å². The molecule has 0 radical (unpaired) electrons. The van der Waals surface area contributed by atoms with Crippen LogP contribution in [0.4, 0.5) is 20.4 Å². The molecule has 0 amide bonds. The van der Waals surface area contributed by atoms with Crippen LogP contribution in [0.25, 0.3) is 11.0 Å². The molecular weight excluding hydrogens is 494 g/mol. The predicted molar refractivity (Wildman–Crippen MR) is 140 cm³/mol. The van der Waals surface area contributed by atoms with Crippen LogP contribution >= 0.6 is 0 Å². The first kappa shape index (κ1) is 27.6. The minimum Gasteiger partial charge on any atom is -0.371 e. The number of carbonyl (C=O) groups is 1. The summed E-state index contributed by atoms with van der Waals surface area (Å²) in [5.41, 5.74) is 2.85. The molecule has 0 saturated heterocycles. The number of Topliss-reactive ketones (excluding diaryl/α,β-unsaturated/α-hetero) is 1. The van der Waals surface area contributed by atoms with E-state index in [-0.39, 0.29) is 18.7 Å². The highest BCUT2D eigenvalue weighted by molar-refractivity contribution is 5.89. The van der Waals surface area contributed by atoms with E-state index < -0.39 is 12.5 Å². The van der Waals surface area contributed by atoms with Crippen molar-refractivity contribution in [2.45, 2.75) is 64.3 Å². The first-order chi connectivity index (χ1) is 18.3. The number of carbonyl (C=O) groups excluding carboxylic acids is 1. The summed E-state index contributed by atoms with van der Waals surface area (Å²) in [6.07, 6.45) is 5.36. The summed E-state index contributed by atoms with van der Waals surface area (Å²) in [5, 5.41) is 21.5. The van der Waals surface area contributed by atoms with Crippen molar-refractivity contribution >= 4 is 28.5 Å². The van der Waals surface area contributed by atoms with Crippen LogP contribution in [0, 0.1) is 0 Å². The Hall–Kier alpha value is -3.41. The molecule has 0 bridgehead atoms. The van der Waals surface area contributed by atoms with Crippen LogP contribution < -0.4 is 15.4 Å². The second-order valence-electron chi connectivity index (χ2n) is 9.86. The van der Waals surface area contributed by atoms with Gasteiger partial charge >= 0.3 is 0 Å². The maximum atomic E-state index is 13.0. The fourth-order valence-electron chi connectivity index (χ4n) is 4.80. The van der Waals surface area contributed by atoms with Crippen molar-refractivity contribution in [3.05, 3.63) is 35.9 Å². The second-order valence-corrected chi connectivity index (χ2v) is 9.86. The van der Waals surface area contributed by atoms with E-state index in [2.05, 4.69) is 32.8 Å². The van der Waals surface area contributed by atoms with Crippen LogP contribution in [0.1, 0.15) is 50.3 Å². The van der Waals surface area contributed by atoms with E-state index in [0.29, 0.717) is 36.4 Å². The number of nitrogens with one attached hydrogen (secondary N) is 2. The molecule has 1 atom stereocenters. The van der Waals surface area contributed by atoms with Gasteiger partial charge in [-0.2, -0.15) is 5.10 Å². The SMILES string of the molecule is CC(=O)C(CCN(CCCCc1ccc2c(n1)NCCC2)CCC(F)F)Nc1c2cnn(C)c2nc[n+]1O. The standard InChI is InChI=1S/C26H36F2N8O2/c1-18(37)22(33-26-21-16-31-34(2)25(21)30-17-36(26)38)10-14-35(15-11-23(27)28)13-4-3-7-20-9-8-19-6-5-12-29-24(19)32-20/h8-9,16-17,22-23,38H,3-7,10-15H2,1-2H3,(H,29,32)/p+1. The topological polar surface area (TPSA) is 112 Å². The smallest absolute Gasteiger partial charge is 0.274 e. The molecule has 3 aromatic heterocycles. The molecule has 4 heterocycles. The molecule has 0 saturated carbocycles. The zero-order valence-corrected chi connectivity index (χ0v) is 22.0.